The van der Waals surface area contributed by atoms with Gasteiger partial charge in [-0.1, -0.05) is 76.9 Å². The smallest absolute Gasteiger partial charge is 0.0269 e. The van der Waals surface area contributed by atoms with Crippen molar-refractivity contribution < 1.29 is 0 Å². The predicted molar refractivity (Wildman–Crippen MR) is 83.7 cm³/mol. The minimum absolute atomic E-state index is 0.946. The predicted octanol–water partition coefficient (Wildman–Crippen LogP) is 6.27. The second-order valence-electron chi connectivity index (χ2n) is 5.04. The van der Waals surface area contributed by atoms with Gasteiger partial charge in [-0.15, -0.1) is 5.92 Å². The van der Waals surface area contributed by atoms with E-state index >= 15 is 0 Å². The van der Waals surface area contributed by atoms with Gasteiger partial charge >= 0.3 is 0 Å². The van der Waals surface area contributed by atoms with Crippen molar-refractivity contribution in [3.05, 3.63) is 12.2 Å². The van der Waals surface area contributed by atoms with Crippen LogP contribution in [-0.2, 0) is 0 Å². The molecule has 18 heavy (non-hydrogen) atoms. The molecule has 0 aromatic rings. The van der Waals surface area contributed by atoms with E-state index in [0.29, 0.717) is 0 Å². The van der Waals surface area contributed by atoms with E-state index in [9.17, 15) is 0 Å². The summed E-state index contributed by atoms with van der Waals surface area (Å²) in [5.74, 6) is 6.52. The third kappa shape index (κ3) is 15.3. The average Bonchev–Trinajstić information content (AvgIpc) is 2.39. The van der Waals surface area contributed by atoms with Gasteiger partial charge in [-0.05, 0) is 19.3 Å². The summed E-state index contributed by atoms with van der Waals surface area (Å²) in [5.41, 5.74) is 0. The van der Waals surface area contributed by atoms with Gasteiger partial charge in [0.05, 0.1) is 0 Å². The van der Waals surface area contributed by atoms with E-state index < -0.39 is 0 Å². The number of rotatable bonds is 11. The highest BCUT2D eigenvalue weighted by atomic mass is 13.9. The Bertz CT molecular complexity index is 226. The van der Waals surface area contributed by atoms with Crippen LogP contribution < -0.4 is 0 Å². The van der Waals surface area contributed by atoms with Crippen LogP contribution in [0.25, 0.3) is 0 Å². The molecule has 104 valence electrons. The summed E-state index contributed by atoms with van der Waals surface area (Å²) in [6.07, 6.45) is 20.0. The number of hydrogen-bond acceptors (Lipinski definition) is 0. The standard InChI is InChI=1S/C18H32/c1-3-5-7-9-11-13-15-17-18-16-14-12-10-8-6-4-2/h11,13H,3-10,12,14-16H2,1-2H3/b13-11+. The molecule has 0 aromatic carbocycles. The van der Waals surface area contributed by atoms with Crippen LogP contribution in [0.4, 0.5) is 0 Å². The van der Waals surface area contributed by atoms with E-state index in [4.69, 9.17) is 0 Å². The van der Waals surface area contributed by atoms with E-state index in [0.717, 1.165) is 12.8 Å². The molecular formula is C18H32. The van der Waals surface area contributed by atoms with Crippen molar-refractivity contribution in [2.75, 3.05) is 0 Å². The molecule has 0 radical (unpaired) electrons. The van der Waals surface area contributed by atoms with Gasteiger partial charge in [-0.3, -0.25) is 0 Å². The molecule has 0 spiro atoms. The Labute approximate surface area is 115 Å². The van der Waals surface area contributed by atoms with E-state index in [-0.39, 0.29) is 0 Å². The third-order valence-electron chi connectivity index (χ3n) is 3.14. The fourth-order valence-corrected chi connectivity index (χ4v) is 1.93. The van der Waals surface area contributed by atoms with Gasteiger partial charge in [0, 0.05) is 12.8 Å². The third-order valence-corrected chi connectivity index (χ3v) is 3.14. The molecule has 0 saturated heterocycles. The second kappa shape index (κ2) is 16.3. The molecule has 0 N–H and O–H groups in total. The van der Waals surface area contributed by atoms with Crippen molar-refractivity contribution in [2.24, 2.45) is 0 Å². The van der Waals surface area contributed by atoms with Crippen molar-refractivity contribution in [3.63, 3.8) is 0 Å². The topological polar surface area (TPSA) is 0 Å². The lowest BCUT2D eigenvalue weighted by atomic mass is 10.1. The molecule has 0 amide bonds. The van der Waals surface area contributed by atoms with Crippen LogP contribution in [0.15, 0.2) is 12.2 Å². The highest BCUT2D eigenvalue weighted by Gasteiger charge is 1.87. The van der Waals surface area contributed by atoms with Gasteiger partial charge in [0.25, 0.3) is 0 Å². The normalized spacial score (nSPS) is 10.6. The minimum Gasteiger partial charge on any atom is -0.103 e. The van der Waals surface area contributed by atoms with Crippen LogP contribution >= 0.6 is 0 Å². The summed E-state index contributed by atoms with van der Waals surface area (Å²) in [7, 11) is 0. The molecule has 0 saturated carbocycles. The molecule has 0 aliphatic carbocycles. The Morgan fingerprint density at radius 3 is 2.11 bits per heavy atom. The van der Waals surface area contributed by atoms with Crippen molar-refractivity contribution in [1.29, 1.82) is 0 Å². The molecule has 0 aliphatic rings. The van der Waals surface area contributed by atoms with Gasteiger partial charge in [0.2, 0.25) is 0 Å². The first kappa shape index (κ1) is 17.3. The Kier molecular flexibility index (Phi) is 15.7. The molecule has 0 aromatic heterocycles. The molecule has 0 aliphatic heterocycles. The maximum atomic E-state index is 3.28. The molecule has 0 bridgehead atoms. The van der Waals surface area contributed by atoms with E-state index in [1.165, 1.54) is 64.2 Å². The summed E-state index contributed by atoms with van der Waals surface area (Å²) >= 11 is 0. The molecule has 0 unspecified atom stereocenters. The Hall–Kier alpha value is -0.700. The van der Waals surface area contributed by atoms with Crippen molar-refractivity contribution >= 4 is 0 Å². The number of hydrogen-bond donors (Lipinski definition) is 0. The summed E-state index contributed by atoms with van der Waals surface area (Å²) in [5, 5.41) is 0. The van der Waals surface area contributed by atoms with Crippen LogP contribution in [0.5, 0.6) is 0 Å². The minimum atomic E-state index is 0.946. The molecular weight excluding hydrogens is 216 g/mol. The number of allylic oxidation sites excluding steroid dienone is 2. The first-order valence-electron chi connectivity index (χ1n) is 8.02. The van der Waals surface area contributed by atoms with Gasteiger partial charge in [0.1, 0.15) is 0 Å². The number of unbranched alkanes of at least 4 members (excludes halogenated alkanes) is 9. The van der Waals surface area contributed by atoms with E-state index in [2.05, 4.69) is 37.8 Å². The zero-order valence-corrected chi connectivity index (χ0v) is 12.6. The van der Waals surface area contributed by atoms with Crippen LogP contribution in [0, 0.1) is 11.8 Å². The zero-order chi connectivity index (χ0) is 13.3. The lowest BCUT2D eigenvalue weighted by molar-refractivity contribution is 0.614. The van der Waals surface area contributed by atoms with Crippen LogP contribution in [-0.4, -0.2) is 0 Å². The summed E-state index contributed by atoms with van der Waals surface area (Å²) in [6.45, 7) is 4.51. The van der Waals surface area contributed by atoms with Gasteiger partial charge in [0.15, 0.2) is 0 Å². The summed E-state index contributed by atoms with van der Waals surface area (Å²) in [4.78, 5) is 0. The van der Waals surface area contributed by atoms with Crippen molar-refractivity contribution in [1.82, 2.24) is 0 Å². The molecule has 0 heteroatoms. The lowest BCUT2D eigenvalue weighted by Gasteiger charge is -1.96. The van der Waals surface area contributed by atoms with E-state index in [1.54, 1.807) is 0 Å². The average molecular weight is 248 g/mol. The van der Waals surface area contributed by atoms with Gasteiger partial charge in [-0.2, -0.15) is 0 Å². The zero-order valence-electron chi connectivity index (χ0n) is 12.6. The quantitative estimate of drug-likeness (QED) is 0.230. The van der Waals surface area contributed by atoms with Crippen LogP contribution in [0.1, 0.15) is 90.9 Å². The maximum Gasteiger partial charge on any atom is 0.0269 e. The summed E-state index contributed by atoms with van der Waals surface area (Å²) in [6, 6.07) is 0. The Morgan fingerprint density at radius 2 is 1.33 bits per heavy atom. The largest absolute Gasteiger partial charge is 0.103 e. The van der Waals surface area contributed by atoms with Crippen LogP contribution in [0.2, 0.25) is 0 Å². The van der Waals surface area contributed by atoms with Crippen molar-refractivity contribution in [3.8, 4) is 11.8 Å². The fraction of sp³-hybridized carbons (Fsp3) is 0.778. The molecule has 0 heterocycles. The van der Waals surface area contributed by atoms with Gasteiger partial charge < -0.3 is 0 Å². The monoisotopic (exact) mass is 248 g/mol. The SMILES string of the molecule is CCCCC/C=C/CC#CCCCCCCCC. The van der Waals surface area contributed by atoms with Gasteiger partial charge in [-0.25, -0.2) is 0 Å². The highest BCUT2D eigenvalue weighted by molar-refractivity contribution is 5.04. The van der Waals surface area contributed by atoms with Crippen LogP contribution in [0.3, 0.4) is 0 Å². The first-order valence-corrected chi connectivity index (χ1v) is 8.02. The first-order chi connectivity index (χ1) is 8.91. The summed E-state index contributed by atoms with van der Waals surface area (Å²) < 4.78 is 0. The Balaban J connectivity index is 3.18. The highest BCUT2D eigenvalue weighted by Crippen LogP contribution is 2.06. The molecule has 0 rings (SSSR count). The molecule has 0 fully saturated rings. The lowest BCUT2D eigenvalue weighted by Crippen LogP contribution is -1.77. The maximum absolute atomic E-state index is 3.28. The second-order valence-corrected chi connectivity index (χ2v) is 5.04. The Morgan fingerprint density at radius 1 is 0.667 bits per heavy atom. The molecule has 0 atom stereocenters. The fourth-order valence-electron chi connectivity index (χ4n) is 1.93. The molecule has 0 nitrogen and oxygen atoms in total. The van der Waals surface area contributed by atoms with E-state index in [1.807, 2.05) is 0 Å². The van der Waals surface area contributed by atoms with Crippen molar-refractivity contribution in [2.45, 2.75) is 90.9 Å².